The maximum atomic E-state index is 13.1. The van der Waals surface area contributed by atoms with E-state index < -0.39 is 28.7 Å². The van der Waals surface area contributed by atoms with Crippen LogP contribution in [-0.2, 0) is 9.59 Å². The molecule has 0 spiro atoms. The van der Waals surface area contributed by atoms with E-state index in [2.05, 4.69) is 5.32 Å². The molecule has 1 fully saturated rings. The first-order chi connectivity index (χ1) is 16.7. The van der Waals surface area contributed by atoms with Crippen LogP contribution in [0.5, 0.6) is 5.75 Å². The minimum absolute atomic E-state index is 0.0268. The molecular weight excluding hydrogens is 478 g/mol. The third-order valence-corrected chi connectivity index (χ3v) is 5.17. The number of hydrogen-bond donors (Lipinski definition) is 1. The second-order valence-electron chi connectivity index (χ2n) is 7.17. The number of nitrogens with zero attached hydrogens (tertiary/aromatic N) is 2. The van der Waals surface area contributed by atoms with E-state index in [0.29, 0.717) is 5.02 Å². The highest BCUT2D eigenvalue weighted by molar-refractivity contribution is 6.39. The highest BCUT2D eigenvalue weighted by atomic mass is 35.5. The molecule has 4 amide bonds. The SMILES string of the molecule is O=C1NC(=O)N(c2ccc(Cl)cc2)C(=O)/C1=C\c1ccccc1OC(=O)c1ccc([N+](=O)[O-])cc1. The molecule has 0 aromatic heterocycles. The largest absolute Gasteiger partial charge is 0.422 e. The van der Waals surface area contributed by atoms with Crippen molar-refractivity contribution in [2.75, 3.05) is 4.90 Å². The van der Waals surface area contributed by atoms with Crippen LogP contribution in [0, 0.1) is 10.1 Å². The zero-order valence-electron chi connectivity index (χ0n) is 17.6. The van der Waals surface area contributed by atoms with Crippen LogP contribution in [0.25, 0.3) is 6.08 Å². The summed E-state index contributed by atoms with van der Waals surface area (Å²) in [6, 6.07) is 15.9. The summed E-state index contributed by atoms with van der Waals surface area (Å²) in [7, 11) is 0. The Balaban J connectivity index is 1.64. The summed E-state index contributed by atoms with van der Waals surface area (Å²) >= 11 is 5.87. The third kappa shape index (κ3) is 4.92. The summed E-state index contributed by atoms with van der Waals surface area (Å²) in [5, 5.41) is 13.3. The molecule has 35 heavy (non-hydrogen) atoms. The molecular formula is C24H14ClN3O7. The maximum Gasteiger partial charge on any atom is 0.343 e. The van der Waals surface area contributed by atoms with Gasteiger partial charge in [-0.25, -0.2) is 14.5 Å². The predicted octanol–water partition coefficient (Wildman–Crippen LogP) is 4.13. The van der Waals surface area contributed by atoms with Gasteiger partial charge in [0.2, 0.25) is 0 Å². The Bertz CT molecular complexity index is 1400. The lowest BCUT2D eigenvalue weighted by Gasteiger charge is -2.26. The van der Waals surface area contributed by atoms with Gasteiger partial charge >= 0.3 is 12.0 Å². The van der Waals surface area contributed by atoms with Crippen LogP contribution in [0.3, 0.4) is 0 Å². The number of non-ortho nitro benzene ring substituents is 1. The second kappa shape index (κ2) is 9.57. The van der Waals surface area contributed by atoms with Crippen molar-refractivity contribution < 1.29 is 28.8 Å². The lowest BCUT2D eigenvalue weighted by atomic mass is 10.1. The van der Waals surface area contributed by atoms with Crippen LogP contribution < -0.4 is 15.0 Å². The van der Waals surface area contributed by atoms with E-state index in [1.165, 1.54) is 54.6 Å². The Hall–Kier alpha value is -4.83. The number of carbonyl (C=O) groups excluding carboxylic acids is 4. The number of anilines is 1. The number of nitrogens with one attached hydrogen (secondary N) is 1. The number of rotatable bonds is 5. The van der Waals surface area contributed by atoms with Crippen LogP contribution >= 0.6 is 11.6 Å². The van der Waals surface area contributed by atoms with Crippen molar-refractivity contribution >= 4 is 52.9 Å². The molecule has 1 heterocycles. The highest BCUT2D eigenvalue weighted by Gasteiger charge is 2.37. The third-order valence-electron chi connectivity index (χ3n) is 4.92. The second-order valence-corrected chi connectivity index (χ2v) is 7.60. The molecule has 1 aliphatic heterocycles. The fourth-order valence-corrected chi connectivity index (χ4v) is 3.33. The van der Waals surface area contributed by atoms with Crippen molar-refractivity contribution in [3.63, 3.8) is 0 Å². The number of amides is 4. The summed E-state index contributed by atoms with van der Waals surface area (Å²) in [4.78, 5) is 61.4. The molecule has 174 valence electrons. The first-order valence-corrected chi connectivity index (χ1v) is 10.3. The molecule has 3 aromatic rings. The Morgan fingerprint density at radius 1 is 0.971 bits per heavy atom. The molecule has 11 heteroatoms. The molecule has 0 unspecified atom stereocenters. The van der Waals surface area contributed by atoms with E-state index in [-0.39, 0.29) is 33.8 Å². The van der Waals surface area contributed by atoms with E-state index in [4.69, 9.17) is 16.3 Å². The summed E-state index contributed by atoms with van der Waals surface area (Å²) in [5.74, 6) is -2.57. The summed E-state index contributed by atoms with van der Waals surface area (Å²) in [6.45, 7) is 0. The van der Waals surface area contributed by atoms with Gasteiger partial charge in [-0.2, -0.15) is 0 Å². The van der Waals surface area contributed by atoms with Crippen LogP contribution in [0.1, 0.15) is 15.9 Å². The predicted molar refractivity (Wildman–Crippen MR) is 125 cm³/mol. The number of barbiturate groups is 1. The number of urea groups is 1. The molecule has 0 radical (unpaired) electrons. The number of esters is 1. The minimum atomic E-state index is -0.919. The number of benzene rings is 3. The summed E-state index contributed by atoms with van der Waals surface area (Å²) in [6.07, 6.45) is 1.20. The zero-order chi connectivity index (χ0) is 25.1. The van der Waals surface area contributed by atoms with Crippen molar-refractivity contribution in [2.24, 2.45) is 0 Å². The molecule has 1 aliphatic rings. The van der Waals surface area contributed by atoms with E-state index in [1.807, 2.05) is 0 Å². The molecule has 0 saturated carbocycles. The number of nitro groups is 1. The van der Waals surface area contributed by atoms with Gasteiger partial charge in [0.1, 0.15) is 11.3 Å². The van der Waals surface area contributed by atoms with E-state index in [0.717, 1.165) is 17.0 Å². The first-order valence-electron chi connectivity index (χ1n) is 9.97. The van der Waals surface area contributed by atoms with Gasteiger partial charge in [-0.1, -0.05) is 29.8 Å². The number of ether oxygens (including phenoxy) is 1. The number of para-hydroxylation sites is 1. The Morgan fingerprint density at radius 3 is 2.29 bits per heavy atom. The van der Waals surface area contributed by atoms with Gasteiger partial charge < -0.3 is 4.74 Å². The van der Waals surface area contributed by atoms with Gasteiger partial charge in [-0.15, -0.1) is 0 Å². The van der Waals surface area contributed by atoms with Crippen molar-refractivity contribution in [1.29, 1.82) is 0 Å². The van der Waals surface area contributed by atoms with E-state index in [9.17, 15) is 29.3 Å². The molecule has 1 N–H and O–H groups in total. The van der Waals surface area contributed by atoms with Crippen LogP contribution in [0.4, 0.5) is 16.2 Å². The smallest absolute Gasteiger partial charge is 0.343 e. The molecule has 10 nitrogen and oxygen atoms in total. The Kier molecular flexibility index (Phi) is 6.38. The molecule has 0 aliphatic carbocycles. The maximum absolute atomic E-state index is 13.1. The number of carbonyl (C=O) groups is 4. The number of hydrogen-bond acceptors (Lipinski definition) is 7. The van der Waals surface area contributed by atoms with Crippen molar-refractivity contribution in [3.8, 4) is 5.75 Å². The summed E-state index contributed by atoms with van der Waals surface area (Å²) in [5.41, 5.74) is -0.0735. The number of nitro benzene ring substituents is 1. The molecule has 0 bridgehead atoms. The van der Waals surface area contributed by atoms with Crippen molar-refractivity contribution in [1.82, 2.24) is 5.32 Å². The molecule has 3 aromatic carbocycles. The molecule has 0 atom stereocenters. The normalized spacial score (nSPS) is 14.6. The van der Waals surface area contributed by atoms with E-state index >= 15 is 0 Å². The van der Waals surface area contributed by atoms with Crippen LogP contribution in [0.15, 0.2) is 78.4 Å². The lowest BCUT2D eigenvalue weighted by Crippen LogP contribution is -2.54. The van der Waals surface area contributed by atoms with Gasteiger partial charge in [0.05, 0.1) is 16.2 Å². The molecule has 1 saturated heterocycles. The number of halogens is 1. The topological polar surface area (TPSA) is 136 Å². The fraction of sp³-hybridized carbons (Fsp3) is 0. The Morgan fingerprint density at radius 2 is 1.63 bits per heavy atom. The van der Waals surface area contributed by atoms with Gasteiger partial charge in [-0.3, -0.25) is 25.0 Å². The van der Waals surface area contributed by atoms with Gasteiger partial charge in [0, 0.05) is 22.7 Å². The average Bonchev–Trinajstić information content (AvgIpc) is 2.83. The van der Waals surface area contributed by atoms with Crippen LogP contribution in [-0.4, -0.2) is 28.7 Å². The number of imide groups is 2. The van der Waals surface area contributed by atoms with Crippen LogP contribution in [0.2, 0.25) is 5.02 Å². The molecule has 4 rings (SSSR count). The quantitative estimate of drug-likeness (QED) is 0.141. The Labute approximate surface area is 202 Å². The van der Waals surface area contributed by atoms with Gasteiger partial charge in [-0.05, 0) is 48.5 Å². The van der Waals surface area contributed by atoms with Crippen molar-refractivity contribution in [2.45, 2.75) is 0 Å². The van der Waals surface area contributed by atoms with Crippen molar-refractivity contribution in [3.05, 3.63) is 105 Å². The zero-order valence-corrected chi connectivity index (χ0v) is 18.4. The lowest BCUT2D eigenvalue weighted by molar-refractivity contribution is -0.384. The van der Waals surface area contributed by atoms with E-state index in [1.54, 1.807) is 12.1 Å². The first kappa shape index (κ1) is 23.3. The van der Waals surface area contributed by atoms with Gasteiger partial charge in [0.15, 0.2) is 0 Å². The minimum Gasteiger partial charge on any atom is -0.422 e. The fourth-order valence-electron chi connectivity index (χ4n) is 3.21. The summed E-state index contributed by atoms with van der Waals surface area (Å²) < 4.78 is 5.40. The average molecular weight is 492 g/mol. The van der Waals surface area contributed by atoms with Gasteiger partial charge in [0.25, 0.3) is 17.5 Å². The highest BCUT2D eigenvalue weighted by Crippen LogP contribution is 2.27. The standard InChI is InChI=1S/C24H14ClN3O7/c25-16-7-11-17(12-8-16)27-22(30)19(21(29)26-24(27)32)13-15-3-1-2-4-20(15)35-23(31)14-5-9-18(10-6-14)28(33)34/h1-13H,(H,26,29,32)/b19-13-. The monoisotopic (exact) mass is 491 g/mol.